The molecule has 0 saturated heterocycles. The average molecular weight is 345 g/mol. The third kappa shape index (κ3) is 1.93. The minimum absolute atomic E-state index is 0.481. The zero-order chi connectivity index (χ0) is 12.2. The van der Waals surface area contributed by atoms with Crippen LogP contribution in [0.5, 0.6) is 0 Å². The molecule has 0 radical (unpaired) electrons. The molecular weight excluding hydrogens is 325 g/mol. The number of nitrogens with zero attached hydrogens (tertiary/aromatic N) is 2. The summed E-state index contributed by atoms with van der Waals surface area (Å²) < 4.78 is 3.38. The minimum Gasteiger partial charge on any atom is -0.317 e. The predicted octanol–water partition coefficient (Wildman–Crippen LogP) is 2.78. The van der Waals surface area contributed by atoms with E-state index in [1.54, 1.807) is 0 Å². The van der Waals surface area contributed by atoms with Gasteiger partial charge in [0, 0.05) is 23.7 Å². The number of fused-ring (bicyclic) bond motifs is 1. The van der Waals surface area contributed by atoms with Gasteiger partial charge in [0.15, 0.2) is 0 Å². The zero-order valence-corrected chi connectivity index (χ0v) is 12.8. The van der Waals surface area contributed by atoms with Gasteiger partial charge in [-0.15, -0.1) is 0 Å². The molecule has 94 valence electrons. The van der Waals surface area contributed by atoms with Gasteiger partial charge in [-0.1, -0.05) is 0 Å². The molecule has 0 aliphatic heterocycles. The predicted molar refractivity (Wildman–Crippen MR) is 77.1 cm³/mol. The molecule has 0 spiro atoms. The van der Waals surface area contributed by atoms with Gasteiger partial charge in [-0.2, -0.15) is 5.10 Å². The monoisotopic (exact) mass is 345 g/mol. The lowest BCUT2D eigenvalue weighted by Gasteiger charge is -2.15. The van der Waals surface area contributed by atoms with Crippen LogP contribution in [0.15, 0.2) is 6.07 Å². The van der Waals surface area contributed by atoms with Crippen LogP contribution < -0.4 is 5.32 Å². The molecule has 0 amide bonds. The van der Waals surface area contributed by atoms with E-state index in [9.17, 15) is 0 Å². The Balaban J connectivity index is 1.80. The summed E-state index contributed by atoms with van der Waals surface area (Å²) in [5.74, 6) is 2.62. The fourth-order valence-electron chi connectivity index (χ4n) is 3.56. The quantitative estimate of drug-likeness (QED) is 0.854. The van der Waals surface area contributed by atoms with Crippen LogP contribution in [0.4, 0.5) is 0 Å². The smallest absolute Gasteiger partial charge is 0.123 e. The molecule has 2 unspecified atom stereocenters. The molecule has 17 heavy (non-hydrogen) atoms. The Morgan fingerprint density at radius 1 is 1.41 bits per heavy atom. The molecule has 1 heterocycles. The van der Waals surface area contributed by atoms with Crippen molar-refractivity contribution in [3.8, 4) is 0 Å². The standard InChI is InChI=1S/C13H20IN3/c1-7(2)17-11(6-12(14)16-17)13-9-4-8(15-3)5-10(9)13/h6-10,13,15H,4-5H2,1-3H3/t8?,9-,10+,13?. The lowest BCUT2D eigenvalue weighted by atomic mass is 10.0. The Morgan fingerprint density at radius 3 is 2.59 bits per heavy atom. The third-order valence-corrected chi connectivity index (χ3v) is 4.95. The molecule has 2 aliphatic rings. The molecule has 4 heteroatoms. The zero-order valence-electron chi connectivity index (χ0n) is 10.7. The highest BCUT2D eigenvalue weighted by molar-refractivity contribution is 14.1. The molecule has 4 atom stereocenters. The van der Waals surface area contributed by atoms with Crippen molar-refractivity contribution in [1.82, 2.24) is 15.1 Å². The van der Waals surface area contributed by atoms with Crippen LogP contribution in [0.25, 0.3) is 0 Å². The van der Waals surface area contributed by atoms with E-state index in [0.717, 1.165) is 27.5 Å². The Labute approximate surface area is 116 Å². The molecule has 1 aromatic heterocycles. The van der Waals surface area contributed by atoms with Gasteiger partial charge in [0.2, 0.25) is 0 Å². The number of halogens is 1. The van der Waals surface area contributed by atoms with Gasteiger partial charge in [0.1, 0.15) is 3.70 Å². The highest BCUT2D eigenvalue weighted by Crippen LogP contribution is 2.63. The summed E-state index contributed by atoms with van der Waals surface area (Å²) in [6.45, 7) is 4.45. The van der Waals surface area contributed by atoms with E-state index >= 15 is 0 Å². The summed E-state index contributed by atoms with van der Waals surface area (Å²) in [6, 6.07) is 3.53. The van der Waals surface area contributed by atoms with Gasteiger partial charge in [-0.25, -0.2) is 0 Å². The molecule has 2 aliphatic carbocycles. The molecule has 1 N–H and O–H groups in total. The van der Waals surface area contributed by atoms with Crippen molar-refractivity contribution in [2.45, 2.75) is 44.7 Å². The molecule has 2 saturated carbocycles. The normalized spacial score (nSPS) is 35.4. The number of hydrogen-bond acceptors (Lipinski definition) is 2. The summed E-state index contributed by atoms with van der Waals surface area (Å²) in [6.07, 6.45) is 2.71. The topological polar surface area (TPSA) is 29.9 Å². The van der Waals surface area contributed by atoms with Crippen molar-refractivity contribution in [1.29, 1.82) is 0 Å². The van der Waals surface area contributed by atoms with Gasteiger partial charge in [0.25, 0.3) is 0 Å². The minimum atomic E-state index is 0.481. The Kier molecular flexibility index (Phi) is 2.97. The van der Waals surface area contributed by atoms with Crippen molar-refractivity contribution >= 4 is 22.6 Å². The second-order valence-corrected chi connectivity index (χ2v) is 6.85. The largest absolute Gasteiger partial charge is 0.317 e. The van der Waals surface area contributed by atoms with E-state index in [2.05, 4.69) is 64.6 Å². The molecule has 1 aromatic rings. The van der Waals surface area contributed by atoms with Gasteiger partial charge in [-0.3, -0.25) is 4.68 Å². The summed E-state index contributed by atoms with van der Waals surface area (Å²) in [5.41, 5.74) is 1.48. The van der Waals surface area contributed by atoms with Gasteiger partial charge in [-0.05, 0) is 74.2 Å². The maximum Gasteiger partial charge on any atom is 0.123 e. The molecule has 3 rings (SSSR count). The Bertz CT molecular complexity index is 414. The van der Waals surface area contributed by atoms with Crippen LogP contribution >= 0.6 is 22.6 Å². The number of nitrogens with one attached hydrogen (secondary N) is 1. The van der Waals surface area contributed by atoms with Crippen LogP contribution in [-0.2, 0) is 0 Å². The van der Waals surface area contributed by atoms with Crippen molar-refractivity contribution < 1.29 is 0 Å². The van der Waals surface area contributed by atoms with E-state index in [1.165, 1.54) is 18.5 Å². The fourth-order valence-corrected chi connectivity index (χ4v) is 4.11. The van der Waals surface area contributed by atoms with Crippen LogP contribution in [0.2, 0.25) is 0 Å². The molecule has 2 fully saturated rings. The third-order valence-electron chi connectivity index (χ3n) is 4.42. The van der Waals surface area contributed by atoms with Crippen LogP contribution in [-0.4, -0.2) is 22.9 Å². The molecule has 3 nitrogen and oxygen atoms in total. The SMILES string of the molecule is CNC1C[C@@H]2C(c3cc(I)nn3C(C)C)[C@@H]2C1. The first-order valence-electron chi connectivity index (χ1n) is 6.54. The first kappa shape index (κ1) is 12.0. The number of hydrogen-bond donors (Lipinski definition) is 1. The van der Waals surface area contributed by atoms with Gasteiger partial charge >= 0.3 is 0 Å². The van der Waals surface area contributed by atoms with Crippen LogP contribution in [0, 0.1) is 15.5 Å². The summed E-state index contributed by atoms with van der Waals surface area (Å²) in [5, 5.41) is 8.04. The Morgan fingerprint density at radius 2 is 2.06 bits per heavy atom. The van der Waals surface area contributed by atoms with E-state index < -0.39 is 0 Å². The van der Waals surface area contributed by atoms with Crippen LogP contribution in [0.1, 0.15) is 44.3 Å². The molecule has 0 aromatic carbocycles. The highest BCUT2D eigenvalue weighted by atomic mass is 127. The van der Waals surface area contributed by atoms with Crippen molar-refractivity contribution in [2.24, 2.45) is 11.8 Å². The number of aromatic nitrogens is 2. The van der Waals surface area contributed by atoms with Crippen molar-refractivity contribution in [3.05, 3.63) is 15.5 Å². The van der Waals surface area contributed by atoms with E-state index in [0.29, 0.717) is 6.04 Å². The summed E-state index contributed by atoms with van der Waals surface area (Å²) in [4.78, 5) is 0. The average Bonchev–Trinajstić information content (AvgIpc) is 2.66. The number of rotatable bonds is 3. The maximum absolute atomic E-state index is 4.63. The summed E-state index contributed by atoms with van der Waals surface area (Å²) in [7, 11) is 2.09. The van der Waals surface area contributed by atoms with Crippen LogP contribution in [0.3, 0.4) is 0 Å². The van der Waals surface area contributed by atoms with Gasteiger partial charge < -0.3 is 5.32 Å². The van der Waals surface area contributed by atoms with E-state index in [1.807, 2.05) is 0 Å². The molecule has 0 bridgehead atoms. The highest BCUT2D eigenvalue weighted by Gasteiger charge is 2.57. The van der Waals surface area contributed by atoms with Crippen molar-refractivity contribution in [3.63, 3.8) is 0 Å². The molecular formula is C13H20IN3. The first-order chi connectivity index (χ1) is 8.11. The lowest BCUT2D eigenvalue weighted by molar-refractivity contribution is 0.467. The second kappa shape index (κ2) is 4.23. The fraction of sp³-hybridized carbons (Fsp3) is 0.769. The summed E-state index contributed by atoms with van der Waals surface area (Å²) >= 11 is 2.33. The van der Waals surface area contributed by atoms with Gasteiger partial charge in [0.05, 0.1) is 0 Å². The first-order valence-corrected chi connectivity index (χ1v) is 7.62. The maximum atomic E-state index is 4.63. The van der Waals surface area contributed by atoms with E-state index in [4.69, 9.17) is 0 Å². The Hall–Kier alpha value is -0.100. The van der Waals surface area contributed by atoms with Crippen molar-refractivity contribution in [2.75, 3.05) is 7.05 Å². The lowest BCUT2D eigenvalue weighted by Crippen LogP contribution is -2.23. The second-order valence-electron chi connectivity index (χ2n) is 5.74. The van der Waals surface area contributed by atoms with E-state index in [-0.39, 0.29) is 0 Å².